The molecule has 0 unspecified atom stereocenters. The number of hydrogen-bond acceptors (Lipinski definition) is 3. The van der Waals surface area contributed by atoms with E-state index in [-0.39, 0.29) is 11.9 Å². The molecule has 2 rings (SSSR count). The highest BCUT2D eigenvalue weighted by molar-refractivity contribution is 7.82. The van der Waals surface area contributed by atoms with Crippen molar-refractivity contribution in [3.05, 3.63) is 35.9 Å². The fourth-order valence-corrected chi connectivity index (χ4v) is 2.06. The Kier molecular flexibility index (Phi) is 2.93. The Labute approximate surface area is 98.7 Å². The first-order valence-corrected chi connectivity index (χ1v) is 5.45. The number of nitrogens with one attached hydrogen (secondary N) is 2. The van der Waals surface area contributed by atoms with Gasteiger partial charge in [0.2, 0.25) is 5.91 Å². The van der Waals surface area contributed by atoms with Crippen LogP contribution in [-0.2, 0) is 4.79 Å². The Hall–Kier alpha value is -1.07. The molecular formula is C10H10N2OS2. The van der Waals surface area contributed by atoms with Gasteiger partial charge in [-0.15, -0.1) is 0 Å². The lowest BCUT2D eigenvalue weighted by atomic mass is 10.0. The highest BCUT2D eigenvalue weighted by atomic mass is 32.1. The Morgan fingerprint density at radius 2 is 1.93 bits per heavy atom. The van der Waals surface area contributed by atoms with Crippen molar-refractivity contribution in [1.29, 1.82) is 0 Å². The summed E-state index contributed by atoms with van der Waals surface area (Å²) in [7, 11) is 0. The fourth-order valence-electron chi connectivity index (χ4n) is 1.52. The van der Waals surface area contributed by atoms with Crippen molar-refractivity contribution < 1.29 is 4.79 Å². The smallest absolute Gasteiger partial charge is 0.241 e. The van der Waals surface area contributed by atoms with Crippen molar-refractivity contribution in [3.8, 4) is 0 Å². The highest BCUT2D eigenvalue weighted by Crippen LogP contribution is 2.23. The van der Waals surface area contributed by atoms with Crippen molar-refractivity contribution in [2.75, 3.05) is 0 Å². The predicted molar refractivity (Wildman–Crippen MR) is 65.8 cm³/mol. The van der Waals surface area contributed by atoms with Gasteiger partial charge in [-0.25, -0.2) is 0 Å². The molecule has 2 atom stereocenters. The SMILES string of the molecule is O=C1NC(=S)N[C@H](c2ccccc2)[C@H]1S. The second kappa shape index (κ2) is 4.20. The minimum Gasteiger partial charge on any atom is -0.354 e. The van der Waals surface area contributed by atoms with Crippen LogP contribution in [0.4, 0.5) is 0 Å². The maximum atomic E-state index is 11.5. The van der Waals surface area contributed by atoms with E-state index in [0.717, 1.165) is 5.56 Å². The second-order valence-electron chi connectivity index (χ2n) is 3.30. The molecule has 0 bridgehead atoms. The molecule has 2 N–H and O–H groups in total. The normalized spacial score (nSPS) is 25.7. The van der Waals surface area contributed by atoms with Gasteiger partial charge in [-0.2, -0.15) is 12.6 Å². The minimum atomic E-state index is -0.418. The van der Waals surface area contributed by atoms with E-state index >= 15 is 0 Å². The summed E-state index contributed by atoms with van der Waals surface area (Å²) in [5.41, 5.74) is 1.01. The molecule has 3 nitrogen and oxygen atoms in total. The molecule has 0 saturated carbocycles. The summed E-state index contributed by atoms with van der Waals surface area (Å²) in [6.07, 6.45) is 0. The van der Waals surface area contributed by atoms with Crippen LogP contribution in [-0.4, -0.2) is 16.3 Å². The van der Waals surface area contributed by atoms with Crippen molar-refractivity contribution >= 4 is 35.9 Å². The maximum Gasteiger partial charge on any atom is 0.241 e. The van der Waals surface area contributed by atoms with Gasteiger partial charge in [-0.05, 0) is 17.8 Å². The number of rotatable bonds is 1. The van der Waals surface area contributed by atoms with Gasteiger partial charge in [0.05, 0.1) is 6.04 Å². The molecule has 0 aliphatic carbocycles. The number of thiol groups is 1. The molecule has 1 amide bonds. The van der Waals surface area contributed by atoms with E-state index in [1.165, 1.54) is 0 Å². The van der Waals surface area contributed by atoms with Crippen LogP contribution in [0, 0.1) is 0 Å². The largest absolute Gasteiger partial charge is 0.354 e. The summed E-state index contributed by atoms with van der Waals surface area (Å²) in [6.45, 7) is 0. The van der Waals surface area contributed by atoms with Crippen molar-refractivity contribution in [2.45, 2.75) is 11.3 Å². The molecule has 78 valence electrons. The van der Waals surface area contributed by atoms with Crippen molar-refractivity contribution in [3.63, 3.8) is 0 Å². The fraction of sp³-hybridized carbons (Fsp3) is 0.200. The quantitative estimate of drug-likeness (QED) is 0.505. The number of amides is 1. The average Bonchev–Trinajstić information content (AvgIpc) is 2.24. The van der Waals surface area contributed by atoms with Gasteiger partial charge < -0.3 is 10.6 Å². The lowest BCUT2D eigenvalue weighted by Crippen LogP contribution is -2.54. The van der Waals surface area contributed by atoms with E-state index < -0.39 is 5.25 Å². The molecule has 0 radical (unpaired) electrons. The molecule has 0 spiro atoms. The zero-order chi connectivity index (χ0) is 10.8. The first-order chi connectivity index (χ1) is 7.18. The standard InChI is InChI=1S/C10H10N2OS2/c13-9-8(14)7(11-10(15)12-9)6-4-2-1-3-5-6/h1-5,7-8,14H,(H2,11,12,13,15)/t7-,8-/m1/s1. The molecule has 1 fully saturated rings. The molecule has 1 aromatic rings. The van der Waals surface area contributed by atoms with Crippen molar-refractivity contribution in [2.24, 2.45) is 0 Å². The summed E-state index contributed by atoms with van der Waals surface area (Å²) in [5, 5.41) is 5.51. The zero-order valence-electron chi connectivity index (χ0n) is 7.81. The van der Waals surface area contributed by atoms with Gasteiger partial charge in [0.15, 0.2) is 5.11 Å². The molecule has 5 heteroatoms. The summed E-state index contributed by atoms with van der Waals surface area (Å²) in [5.74, 6) is -0.157. The van der Waals surface area contributed by atoms with Crippen molar-refractivity contribution in [1.82, 2.24) is 10.6 Å². The van der Waals surface area contributed by atoms with Crippen LogP contribution in [0.1, 0.15) is 11.6 Å². The number of carbonyl (C=O) groups excluding carboxylic acids is 1. The van der Waals surface area contributed by atoms with E-state index in [9.17, 15) is 4.79 Å². The Morgan fingerprint density at radius 1 is 1.27 bits per heavy atom. The van der Waals surface area contributed by atoms with Crippen LogP contribution in [0.2, 0.25) is 0 Å². The minimum absolute atomic E-state index is 0.157. The predicted octanol–water partition coefficient (Wildman–Crippen LogP) is 1.03. The summed E-state index contributed by atoms with van der Waals surface area (Å²) < 4.78 is 0. The van der Waals surface area contributed by atoms with E-state index in [4.69, 9.17) is 12.2 Å². The number of thiocarbonyl (C=S) groups is 1. The summed E-state index contributed by atoms with van der Waals surface area (Å²) in [4.78, 5) is 11.5. The zero-order valence-corrected chi connectivity index (χ0v) is 9.52. The summed E-state index contributed by atoms with van der Waals surface area (Å²) >= 11 is 9.20. The van der Waals surface area contributed by atoms with Gasteiger partial charge >= 0.3 is 0 Å². The van der Waals surface area contributed by atoms with Gasteiger partial charge in [0.1, 0.15) is 5.25 Å². The highest BCUT2D eigenvalue weighted by Gasteiger charge is 2.31. The molecule has 1 aliphatic rings. The van der Waals surface area contributed by atoms with Crippen LogP contribution in [0.3, 0.4) is 0 Å². The van der Waals surface area contributed by atoms with E-state index in [2.05, 4.69) is 23.3 Å². The average molecular weight is 238 g/mol. The first-order valence-electron chi connectivity index (χ1n) is 4.53. The van der Waals surface area contributed by atoms with E-state index in [0.29, 0.717) is 5.11 Å². The van der Waals surface area contributed by atoms with E-state index in [1.54, 1.807) is 0 Å². The lowest BCUT2D eigenvalue weighted by Gasteiger charge is -2.30. The molecular weight excluding hydrogens is 228 g/mol. The molecule has 15 heavy (non-hydrogen) atoms. The van der Waals surface area contributed by atoms with Crippen LogP contribution < -0.4 is 10.6 Å². The lowest BCUT2D eigenvalue weighted by molar-refractivity contribution is -0.120. The van der Waals surface area contributed by atoms with E-state index in [1.807, 2.05) is 30.3 Å². The monoisotopic (exact) mass is 238 g/mol. The van der Waals surface area contributed by atoms with Crippen LogP contribution in [0.5, 0.6) is 0 Å². The van der Waals surface area contributed by atoms with Crippen LogP contribution in [0.25, 0.3) is 0 Å². The third kappa shape index (κ3) is 2.13. The summed E-state index contributed by atoms with van der Waals surface area (Å²) in [6, 6.07) is 9.51. The molecule has 1 heterocycles. The molecule has 1 aromatic carbocycles. The second-order valence-corrected chi connectivity index (χ2v) is 4.26. The van der Waals surface area contributed by atoms with Gasteiger partial charge in [-0.3, -0.25) is 4.79 Å². The number of carbonyl (C=O) groups is 1. The van der Waals surface area contributed by atoms with Crippen LogP contribution >= 0.6 is 24.8 Å². The molecule has 1 aliphatic heterocycles. The third-order valence-corrected chi connectivity index (χ3v) is 3.02. The molecule has 1 saturated heterocycles. The van der Waals surface area contributed by atoms with Crippen LogP contribution in [0.15, 0.2) is 30.3 Å². The molecule has 0 aromatic heterocycles. The Morgan fingerprint density at radius 3 is 2.60 bits per heavy atom. The van der Waals surface area contributed by atoms with Gasteiger partial charge in [-0.1, -0.05) is 30.3 Å². The Bertz CT molecular complexity index is 394. The topological polar surface area (TPSA) is 41.1 Å². The van der Waals surface area contributed by atoms with Gasteiger partial charge in [0.25, 0.3) is 0 Å². The van der Waals surface area contributed by atoms with Gasteiger partial charge in [0, 0.05) is 0 Å². The third-order valence-electron chi connectivity index (χ3n) is 2.27. The Balaban J connectivity index is 2.28. The number of benzene rings is 1. The first kappa shape index (κ1) is 10.4. The number of hydrogen-bond donors (Lipinski definition) is 3. The maximum absolute atomic E-state index is 11.5.